The first-order valence-corrected chi connectivity index (χ1v) is 5.86. The Balaban J connectivity index is 2.06. The maximum Gasteiger partial charge on any atom is 0.166 e. The molecule has 0 atom stereocenters. The van der Waals surface area contributed by atoms with E-state index in [0.717, 1.165) is 37.7 Å². The standard InChI is InChI=1S/C10H20N2OS/c1-2-3-6-11-10(14)12-9-4-7-13-8-5-9/h9H,2-8H2,1H3,(H2,11,12,14). The predicted octanol–water partition coefficient (Wildman–Crippen LogP) is 1.43. The van der Waals surface area contributed by atoms with Crippen molar-refractivity contribution in [3.63, 3.8) is 0 Å². The summed E-state index contributed by atoms with van der Waals surface area (Å²) in [6.45, 7) is 4.87. The number of nitrogens with one attached hydrogen (secondary N) is 2. The summed E-state index contributed by atoms with van der Waals surface area (Å²) in [5, 5.41) is 7.33. The Labute approximate surface area is 91.6 Å². The molecule has 2 N–H and O–H groups in total. The van der Waals surface area contributed by atoms with Gasteiger partial charge in [0.15, 0.2) is 5.11 Å². The van der Waals surface area contributed by atoms with Crippen LogP contribution >= 0.6 is 12.2 Å². The zero-order valence-corrected chi connectivity index (χ0v) is 9.66. The molecule has 0 unspecified atom stereocenters. The lowest BCUT2D eigenvalue weighted by Gasteiger charge is -2.24. The van der Waals surface area contributed by atoms with Crippen molar-refractivity contribution in [1.29, 1.82) is 0 Å². The molecule has 0 aromatic carbocycles. The van der Waals surface area contributed by atoms with E-state index in [1.165, 1.54) is 12.8 Å². The highest BCUT2D eigenvalue weighted by molar-refractivity contribution is 7.80. The summed E-state index contributed by atoms with van der Waals surface area (Å²) in [7, 11) is 0. The lowest BCUT2D eigenvalue weighted by atomic mass is 10.1. The summed E-state index contributed by atoms with van der Waals surface area (Å²) in [6, 6.07) is 0.505. The maximum atomic E-state index is 5.28. The molecule has 14 heavy (non-hydrogen) atoms. The fourth-order valence-electron chi connectivity index (χ4n) is 1.46. The Morgan fingerprint density at radius 3 is 2.79 bits per heavy atom. The number of hydrogen-bond donors (Lipinski definition) is 2. The summed E-state index contributed by atoms with van der Waals surface area (Å²) in [6.07, 6.45) is 4.51. The van der Waals surface area contributed by atoms with Gasteiger partial charge in [-0.3, -0.25) is 0 Å². The van der Waals surface area contributed by atoms with E-state index in [1.807, 2.05) is 0 Å². The van der Waals surface area contributed by atoms with Crippen LogP contribution in [0.1, 0.15) is 32.6 Å². The molecule has 1 aliphatic rings. The molecule has 1 heterocycles. The Bertz CT molecular complexity index is 170. The Kier molecular flexibility index (Phi) is 5.87. The molecule has 0 radical (unpaired) electrons. The number of thiocarbonyl (C=S) groups is 1. The quantitative estimate of drug-likeness (QED) is 0.550. The molecule has 0 aliphatic carbocycles. The van der Waals surface area contributed by atoms with E-state index in [2.05, 4.69) is 17.6 Å². The van der Waals surface area contributed by atoms with E-state index < -0.39 is 0 Å². The van der Waals surface area contributed by atoms with E-state index >= 15 is 0 Å². The average molecular weight is 216 g/mol. The van der Waals surface area contributed by atoms with E-state index in [4.69, 9.17) is 17.0 Å². The van der Waals surface area contributed by atoms with Crippen molar-refractivity contribution in [3.8, 4) is 0 Å². The van der Waals surface area contributed by atoms with Gasteiger partial charge in [0, 0.05) is 25.8 Å². The molecule has 1 aliphatic heterocycles. The van der Waals surface area contributed by atoms with Gasteiger partial charge < -0.3 is 15.4 Å². The van der Waals surface area contributed by atoms with Gasteiger partial charge >= 0.3 is 0 Å². The van der Waals surface area contributed by atoms with Crippen molar-refractivity contribution in [2.45, 2.75) is 38.6 Å². The van der Waals surface area contributed by atoms with Crippen molar-refractivity contribution in [3.05, 3.63) is 0 Å². The molecule has 0 spiro atoms. The summed E-state index contributed by atoms with van der Waals surface area (Å²) < 4.78 is 5.28. The van der Waals surface area contributed by atoms with Crippen molar-refractivity contribution in [1.82, 2.24) is 10.6 Å². The molecule has 1 fully saturated rings. The molecule has 4 heteroatoms. The van der Waals surface area contributed by atoms with Crippen LogP contribution in [-0.4, -0.2) is 30.9 Å². The first-order valence-electron chi connectivity index (χ1n) is 5.45. The second-order valence-electron chi connectivity index (χ2n) is 3.64. The lowest BCUT2D eigenvalue weighted by Crippen LogP contribution is -2.44. The second-order valence-corrected chi connectivity index (χ2v) is 4.05. The van der Waals surface area contributed by atoms with Crippen LogP contribution in [-0.2, 0) is 4.74 Å². The third-order valence-corrected chi connectivity index (χ3v) is 2.63. The average Bonchev–Trinajstić information content (AvgIpc) is 2.20. The third-order valence-electron chi connectivity index (χ3n) is 2.37. The Hall–Kier alpha value is -0.350. The first kappa shape index (κ1) is 11.7. The highest BCUT2D eigenvalue weighted by atomic mass is 32.1. The van der Waals surface area contributed by atoms with Crippen LogP contribution in [0.5, 0.6) is 0 Å². The molecule has 0 saturated carbocycles. The second kappa shape index (κ2) is 7.01. The molecule has 0 aromatic heterocycles. The van der Waals surface area contributed by atoms with Gasteiger partial charge in [-0.2, -0.15) is 0 Å². The van der Waals surface area contributed by atoms with Crippen LogP contribution < -0.4 is 10.6 Å². The maximum absolute atomic E-state index is 5.28. The monoisotopic (exact) mass is 216 g/mol. The number of rotatable bonds is 4. The van der Waals surface area contributed by atoms with E-state index in [-0.39, 0.29) is 0 Å². The van der Waals surface area contributed by atoms with Crippen molar-refractivity contribution < 1.29 is 4.74 Å². The minimum Gasteiger partial charge on any atom is -0.381 e. The van der Waals surface area contributed by atoms with Crippen LogP contribution in [0.2, 0.25) is 0 Å². The summed E-state index contributed by atoms with van der Waals surface area (Å²) in [5.41, 5.74) is 0. The molecular formula is C10H20N2OS. The zero-order chi connectivity index (χ0) is 10.2. The fourth-order valence-corrected chi connectivity index (χ4v) is 1.73. The highest BCUT2D eigenvalue weighted by Gasteiger charge is 2.13. The van der Waals surface area contributed by atoms with Gasteiger partial charge in [0.2, 0.25) is 0 Å². The van der Waals surface area contributed by atoms with Gasteiger partial charge in [0.1, 0.15) is 0 Å². The fraction of sp³-hybridized carbons (Fsp3) is 0.900. The van der Waals surface area contributed by atoms with Crippen molar-refractivity contribution in [2.24, 2.45) is 0 Å². The summed E-state index contributed by atoms with van der Waals surface area (Å²) in [4.78, 5) is 0. The number of hydrogen-bond acceptors (Lipinski definition) is 2. The topological polar surface area (TPSA) is 33.3 Å². The molecule has 3 nitrogen and oxygen atoms in total. The smallest absolute Gasteiger partial charge is 0.166 e. The molecular weight excluding hydrogens is 196 g/mol. The molecule has 0 amide bonds. The predicted molar refractivity (Wildman–Crippen MR) is 62.5 cm³/mol. The summed E-state index contributed by atoms with van der Waals surface area (Å²) in [5.74, 6) is 0. The van der Waals surface area contributed by atoms with Gasteiger partial charge in [-0.25, -0.2) is 0 Å². The van der Waals surface area contributed by atoms with Crippen LogP contribution in [0.15, 0.2) is 0 Å². The summed E-state index contributed by atoms with van der Waals surface area (Å²) >= 11 is 5.19. The van der Waals surface area contributed by atoms with Gasteiger partial charge in [0.05, 0.1) is 0 Å². The third kappa shape index (κ3) is 4.77. The largest absolute Gasteiger partial charge is 0.381 e. The molecule has 0 aromatic rings. The molecule has 1 rings (SSSR count). The van der Waals surface area contributed by atoms with Crippen LogP contribution in [0.4, 0.5) is 0 Å². The highest BCUT2D eigenvalue weighted by Crippen LogP contribution is 2.05. The van der Waals surface area contributed by atoms with Gasteiger partial charge in [0.25, 0.3) is 0 Å². The minimum atomic E-state index is 0.505. The van der Waals surface area contributed by atoms with Crippen LogP contribution in [0.25, 0.3) is 0 Å². The van der Waals surface area contributed by atoms with Crippen molar-refractivity contribution >= 4 is 17.3 Å². The van der Waals surface area contributed by atoms with Gasteiger partial charge in [-0.15, -0.1) is 0 Å². The zero-order valence-electron chi connectivity index (χ0n) is 8.84. The van der Waals surface area contributed by atoms with Gasteiger partial charge in [-0.1, -0.05) is 13.3 Å². The van der Waals surface area contributed by atoms with Crippen LogP contribution in [0.3, 0.4) is 0 Å². The molecule has 0 bridgehead atoms. The number of unbranched alkanes of at least 4 members (excludes halogenated alkanes) is 1. The minimum absolute atomic E-state index is 0.505. The molecule has 82 valence electrons. The Morgan fingerprint density at radius 1 is 1.43 bits per heavy atom. The van der Waals surface area contributed by atoms with Crippen LogP contribution in [0, 0.1) is 0 Å². The van der Waals surface area contributed by atoms with E-state index in [0.29, 0.717) is 6.04 Å². The SMILES string of the molecule is CCCCNC(=S)NC1CCOCC1. The lowest BCUT2D eigenvalue weighted by molar-refractivity contribution is 0.0824. The van der Waals surface area contributed by atoms with Crippen molar-refractivity contribution in [2.75, 3.05) is 19.8 Å². The van der Waals surface area contributed by atoms with Gasteiger partial charge in [-0.05, 0) is 31.5 Å². The van der Waals surface area contributed by atoms with E-state index in [1.54, 1.807) is 0 Å². The normalized spacial score (nSPS) is 17.8. The first-order chi connectivity index (χ1) is 6.83. The number of ether oxygens (including phenoxy) is 1. The Morgan fingerprint density at radius 2 is 2.14 bits per heavy atom. The molecule has 1 saturated heterocycles. The van der Waals surface area contributed by atoms with E-state index in [9.17, 15) is 0 Å².